The number of benzene rings is 3. The Balaban J connectivity index is 1.48. The van der Waals surface area contributed by atoms with Crippen LogP contribution < -0.4 is 15.5 Å². The summed E-state index contributed by atoms with van der Waals surface area (Å²) in [6.07, 6.45) is 1.09. The lowest BCUT2D eigenvalue weighted by Crippen LogP contribution is -2.34. The van der Waals surface area contributed by atoms with Gasteiger partial charge in [-0.1, -0.05) is 53.5 Å². The van der Waals surface area contributed by atoms with Crippen LogP contribution in [0.15, 0.2) is 66.7 Å². The summed E-state index contributed by atoms with van der Waals surface area (Å²) < 4.78 is 0. The molecule has 3 amide bonds. The van der Waals surface area contributed by atoms with Crippen LogP contribution in [0.2, 0.25) is 10.0 Å². The first kappa shape index (κ1) is 20.3. The molecule has 1 aliphatic heterocycles. The van der Waals surface area contributed by atoms with Gasteiger partial charge in [-0.15, -0.1) is 0 Å². The van der Waals surface area contributed by atoms with E-state index < -0.39 is 0 Å². The van der Waals surface area contributed by atoms with Crippen molar-refractivity contribution in [2.24, 2.45) is 0 Å². The third-order valence-electron chi connectivity index (χ3n) is 4.90. The largest absolute Gasteiger partial charge is 0.323 e. The van der Waals surface area contributed by atoms with Crippen LogP contribution in [0.3, 0.4) is 0 Å². The molecule has 0 aliphatic carbocycles. The maximum absolute atomic E-state index is 12.5. The molecule has 0 spiro atoms. The fraction of sp³-hybridized carbons (Fsp3) is 0.130. The first-order valence-corrected chi connectivity index (χ1v) is 10.3. The Morgan fingerprint density at radius 2 is 1.57 bits per heavy atom. The van der Waals surface area contributed by atoms with E-state index in [1.54, 1.807) is 29.2 Å². The summed E-state index contributed by atoms with van der Waals surface area (Å²) in [4.78, 5) is 26.6. The Labute approximate surface area is 184 Å². The standard InChI is InChI=1S/C23H19Cl2N3O2/c24-19-9-7-18(13-20(19)25)27-23(30)26-17-8-10-21-16(12-17)6-11-22(29)28(21)14-15-4-2-1-3-5-15/h1-5,7-10,12-13H,6,11,14H2,(H2,26,27,30). The van der Waals surface area contributed by atoms with Crippen LogP contribution >= 0.6 is 23.2 Å². The van der Waals surface area contributed by atoms with Crippen LogP contribution in [0.4, 0.5) is 21.9 Å². The van der Waals surface area contributed by atoms with Crippen LogP contribution in [0.1, 0.15) is 17.5 Å². The lowest BCUT2D eigenvalue weighted by atomic mass is 9.99. The first-order valence-electron chi connectivity index (χ1n) is 9.50. The van der Waals surface area contributed by atoms with E-state index in [-0.39, 0.29) is 11.9 Å². The third-order valence-corrected chi connectivity index (χ3v) is 5.64. The van der Waals surface area contributed by atoms with Gasteiger partial charge >= 0.3 is 6.03 Å². The molecule has 0 aromatic heterocycles. The molecule has 0 radical (unpaired) electrons. The normalized spacial score (nSPS) is 13.0. The van der Waals surface area contributed by atoms with Crippen molar-refractivity contribution in [1.82, 2.24) is 0 Å². The summed E-state index contributed by atoms with van der Waals surface area (Å²) >= 11 is 11.9. The number of carbonyl (C=O) groups is 2. The molecule has 1 aliphatic rings. The predicted octanol–water partition coefficient (Wildman–Crippen LogP) is 6.12. The Kier molecular flexibility index (Phi) is 5.93. The van der Waals surface area contributed by atoms with Crippen molar-refractivity contribution < 1.29 is 9.59 Å². The van der Waals surface area contributed by atoms with E-state index in [9.17, 15) is 9.59 Å². The van der Waals surface area contributed by atoms with E-state index in [4.69, 9.17) is 23.2 Å². The predicted molar refractivity (Wildman–Crippen MR) is 121 cm³/mol. The van der Waals surface area contributed by atoms with E-state index in [1.165, 1.54) is 0 Å². The zero-order chi connectivity index (χ0) is 21.1. The smallest absolute Gasteiger partial charge is 0.308 e. The molecule has 30 heavy (non-hydrogen) atoms. The number of halogens is 2. The summed E-state index contributed by atoms with van der Waals surface area (Å²) in [5.74, 6) is 0.101. The van der Waals surface area contributed by atoms with Crippen LogP contribution in [-0.2, 0) is 17.8 Å². The maximum Gasteiger partial charge on any atom is 0.323 e. The molecule has 3 aromatic rings. The molecule has 0 fully saturated rings. The number of hydrogen-bond acceptors (Lipinski definition) is 2. The van der Waals surface area contributed by atoms with Crippen LogP contribution in [0, 0.1) is 0 Å². The molecule has 0 saturated carbocycles. The van der Waals surface area contributed by atoms with Crippen molar-refractivity contribution in [1.29, 1.82) is 0 Å². The van der Waals surface area contributed by atoms with Crippen LogP contribution in [0.25, 0.3) is 0 Å². The van der Waals surface area contributed by atoms with Gasteiger partial charge in [0.05, 0.1) is 16.6 Å². The minimum Gasteiger partial charge on any atom is -0.308 e. The van der Waals surface area contributed by atoms with Gasteiger partial charge in [0.15, 0.2) is 0 Å². The van der Waals surface area contributed by atoms with Crippen molar-refractivity contribution in [2.45, 2.75) is 19.4 Å². The van der Waals surface area contributed by atoms with Crippen molar-refractivity contribution in [3.8, 4) is 0 Å². The molecule has 0 atom stereocenters. The highest BCUT2D eigenvalue weighted by Crippen LogP contribution is 2.32. The van der Waals surface area contributed by atoms with Crippen molar-refractivity contribution in [3.63, 3.8) is 0 Å². The lowest BCUT2D eigenvalue weighted by Gasteiger charge is -2.30. The number of nitrogens with zero attached hydrogens (tertiary/aromatic N) is 1. The quantitative estimate of drug-likeness (QED) is 0.514. The molecule has 1 heterocycles. The molecule has 2 N–H and O–H groups in total. The molecule has 0 bridgehead atoms. The molecular formula is C23H19Cl2N3O2. The SMILES string of the molecule is O=C(Nc1ccc(Cl)c(Cl)c1)Nc1ccc2c(c1)CCC(=O)N2Cc1ccccc1. The highest BCUT2D eigenvalue weighted by Gasteiger charge is 2.24. The number of hydrogen-bond donors (Lipinski definition) is 2. The van der Waals surface area contributed by atoms with Crippen LogP contribution in [-0.4, -0.2) is 11.9 Å². The van der Waals surface area contributed by atoms with Gasteiger partial charge in [-0.3, -0.25) is 4.79 Å². The molecule has 7 heteroatoms. The van der Waals surface area contributed by atoms with Crippen LogP contribution in [0.5, 0.6) is 0 Å². The summed E-state index contributed by atoms with van der Waals surface area (Å²) in [7, 11) is 0. The number of amides is 3. The Morgan fingerprint density at radius 3 is 2.30 bits per heavy atom. The number of urea groups is 1. The number of carbonyl (C=O) groups excluding carboxylic acids is 2. The molecule has 5 nitrogen and oxygen atoms in total. The summed E-state index contributed by atoms with van der Waals surface area (Å²) in [6.45, 7) is 0.525. The average Bonchev–Trinajstić information content (AvgIpc) is 2.73. The number of rotatable bonds is 4. The van der Waals surface area contributed by atoms with E-state index in [0.717, 1.165) is 16.8 Å². The molecular weight excluding hydrogens is 421 g/mol. The minimum absolute atomic E-state index is 0.101. The van der Waals surface area contributed by atoms with Crippen molar-refractivity contribution in [3.05, 3.63) is 87.9 Å². The van der Waals surface area contributed by atoms with Gasteiger partial charge in [0.1, 0.15) is 0 Å². The van der Waals surface area contributed by atoms with Gasteiger partial charge in [0.2, 0.25) is 5.91 Å². The summed E-state index contributed by atoms with van der Waals surface area (Å²) in [5.41, 5.74) is 4.17. The average molecular weight is 440 g/mol. The topological polar surface area (TPSA) is 61.4 Å². The molecule has 0 unspecified atom stereocenters. The van der Waals surface area contributed by atoms with Gasteiger partial charge < -0.3 is 15.5 Å². The van der Waals surface area contributed by atoms with E-state index in [2.05, 4.69) is 10.6 Å². The minimum atomic E-state index is -0.388. The fourth-order valence-electron chi connectivity index (χ4n) is 3.44. The Hall–Kier alpha value is -3.02. The second kappa shape index (κ2) is 8.78. The third kappa shape index (κ3) is 4.58. The summed E-state index contributed by atoms with van der Waals surface area (Å²) in [6, 6.07) is 20.0. The van der Waals surface area contributed by atoms with E-state index in [0.29, 0.717) is 40.8 Å². The number of fused-ring (bicyclic) bond motifs is 1. The lowest BCUT2D eigenvalue weighted by molar-refractivity contribution is -0.119. The molecule has 3 aromatic carbocycles. The fourth-order valence-corrected chi connectivity index (χ4v) is 3.74. The van der Waals surface area contributed by atoms with Gasteiger partial charge in [-0.05, 0) is 53.9 Å². The maximum atomic E-state index is 12.5. The van der Waals surface area contributed by atoms with Gasteiger partial charge in [0, 0.05) is 23.5 Å². The van der Waals surface area contributed by atoms with E-state index in [1.807, 2.05) is 42.5 Å². The zero-order valence-corrected chi connectivity index (χ0v) is 17.5. The Morgan fingerprint density at radius 1 is 0.867 bits per heavy atom. The van der Waals surface area contributed by atoms with E-state index >= 15 is 0 Å². The second-order valence-electron chi connectivity index (χ2n) is 7.02. The monoisotopic (exact) mass is 439 g/mol. The molecule has 152 valence electrons. The van der Waals surface area contributed by atoms with Crippen molar-refractivity contribution >= 4 is 52.2 Å². The highest BCUT2D eigenvalue weighted by atomic mass is 35.5. The van der Waals surface area contributed by atoms with Gasteiger partial charge in [-0.2, -0.15) is 0 Å². The Bertz CT molecular complexity index is 1100. The highest BCUT2D eigenvalue weighted by molar-refractivity contribution is 6.42. The van der Waals surface area contributed by atoms with Gasteiger partial charge in [0.25, 0.3) is 0 Å². The number of nitrogens with one attached hydrogen (secondary N) is 2. The van der Waals surface area contributed by atoms with Gasteiger partial charge in [-0.25, -0.2) is 4.79 Å². The summed E-state index contributed by atoms with van der Waals surface area (Å²) in [5, 5.41) is 6.34. The first-order chi connectivity index (χ1) is 14.5. The zero-order valence-electron chi connectivity index (χ0n) is 16.0. The molecule has 4 rings (SSSR count). The molecule has 0 saturated heterocycles. The second-order valence-corrected chi connectivity index (χ2v) is 7.83. The van der Waals surface area contributed by atoms with Crippen molar-refractivity contribution in [2.75, 3.05) is 15.5 Å². The number of anilines is 3. The number of aryl methyl sites for hydroxylation is 1.